The van der Waals surface area contributed by atoms with Crippen molar-refractivity contribution in [2.45, 2.75) is 24.2 Å². The van der Waals surface area contributed by atoms with Gasteiger partial charge in [0.25, 0.3) is 0 Å². The fourth-order valence-electron chi connectivity index (χ4n) is 4.03. The number of nitrogens with zero attached hydrogens (tertiary/aromatic N) is 4. The number of benzene rings is 1. The van der Waals surface area contributed by atoms with Gasteiger partial charge in [0.15, 0.2) is 0 Å². The molecule has 0 bridgehead atoms. The van der Waals surface area contributed by atoms with Gasteiger partial charge in [0.1, 0.15) is 4.90 Å². The van der Waals surface area contributed by atoms with Crippen LogP contribution in [0.2, 0.25) is 0 Å². The summed E-state index contributed by atoms with van der Waals surface area (Å²) in [6.07, 6.45) is 4.97. The molecule has 2 aliphatic rings. The second kappa shape index (κ2) is 6.21. The highest BCUT2D eigenvalue weighted by Crippen LogP contribution is 2.42. The molecule has 26 heavy (non-hydrogen) atoms. The molecule has 1 amide bonds. The predicted octanol–water partition coefficient (Wildman–Crippen LogP) is 1.63. The number of anilines is 1. The zero-order chi connectivity index (χ0) is 18.4. The Morgan fingerprint density at radius 1 is 1.12 bits per heavy atom. The molecule has 0 aliphatic carbocycles. The zero-order valence-electron chi connectivity index (χ0n) is 14.7. The lowest BCUT2D eigenvalue weighted by atomic mass is 9.79. The van der Waals surface area contributed by atoms with E-state index < -0.39 is 15.4 Å². The van der Waals surface area contributed by atoms with Gasteiger partial charge in [-0.25, -0.2) is 8.42 Å². The Labute approximate surface area is 153 Å². The first-order chi connectivity index (χ1) is 12.4. The van der Waals surface area contributed by atoms with Crippen LogP contribution in [0.25, 0.3) is 0 Å². The highest BCUT2D eigenvalue weighted by atomic mass is 32.2. The number of carbonyl (C=O) groups is 1. The number of amides is 1. The van der Waals surface area contributed by atoms with Crippen LogP contribution in [0, 0.1) is 5.41 Å². The van der Waals surface area contributed by atoms with Crippen molar-refractivity contribution in [2.75, 3.05) is 24.5 Å². The summed E-state index contributed by atoms with van der Waals surface area (Å²) >= 11 is 0. The Bertz CT molecular complexity index is 925. The number of sulfonamides is 1. The smallest absolute Gasteiger partial charge is 0.246 e. The van der Waals surface area contributed by atoms with E-state index in [1.165, 1.54) is 21.4 Å². The molecule has 138 valence electrons. The molecule has 0 N–H and O–H groups in total. The normalized spacial score (nSPS) is 24.5. The molecule has 0 radical (unpaired) electrons. The predicted molar refractivity (Wildman–Crippen MR) is 97.0 cm³/mol. The summed E-state index contributed by atoms with van der Waals surface area (Å²) in [4.78, 5) is 15.2. The van der Waals surface area contributed by atoms with Crippen molar-refractivity contribution in [3.05, 3.63) is 42.7 Å². The summed E-state index contributed by atoms with van der Waals surface area (Å²) in [5, 5.41) is 3.97. The number of hydrogen-bond acceptors (Lipinski definition) is 4. The summed E-state index contributed by atoms with van der Waals surface area (Å²) in [6.45, 7) is 1.31. The summed E-state index contributed by atoms with van der Waals surface area (Å²) in [5.74, 6) is 0.0368. The molecular weight excluding hydrogens is 352 g/mol. The van der Waals surface area contributed by atoms with Crippen molar-refractivity contribution in [1.82, 2.24) is 14.1 Å². The van der Waals surface area contributed by atoms with Crippen LogP contribution in [-0.2, 0) is 21.9 Å². The van der Waals surface area contributed by atoms with Crippen molar-refractivity contribution in [1.29, 1.82) is 0 Å². The highest BCUT2D eigenvalue weighted by Gasteiger charge is 2.51. The van der Waals surface area contributed by atoms with Gasteiger partial charge < -0.3 is 4.90 Å². The quantitative estimate of drug-likeness (QED) is 0.818. The van der Waals surface area contributed by atoms with Gasteiger partial charge in [-0.1, -0.05) is 18.2 Å². The van der Waals surface area contributed by atoms with E-state index in [1.807, 2.05) is 30.3 Å². The summed E-state index contributed by atoms with van der Waals surface area (Å²) in [5.41, 5.74) is 0.255. The maximum Gasteiger partial charge on any atom is 0.246 e. The molecule has 2 fully saturated rings. The minimum Gasteiger partial charge on any atom is -0.312 e. The van der Waals surface area contributed by atoms with Gasteiger partial charge in [-0.2, -0.15) is 9.40 Å². The van der Waals surface area contributed by atoms with E-state index in [4.69, 9.17) is 0 Å². The largest absolute Gasteiger partial charge is 0.312 e. The van der Waals surface area contributed by atoms with Crippen LogP contribution in [-0.4, -0.2) is 48.0 Å². The average molecular weight is 374 g/mol. The molecule has 2 aromatic rings. The number of hydrogen-bond donors (Lipinski definition) is 0. The molecular formula is C18H22N4O3S. The summed E-state index contributed by atoms with van der Waals surface area (Å²) in [6, 6.07) is 9.58. The Kier molecular flexibility index (Phi) is 4.11. The maximum atomic E-state index is 13.2. The first-order valence-corrected chi connectivity index (χ1v) is 10.2. The Morgan fingerprint density at radius 2 is 1.88 bits per heavy atom. The fraction of sp³-hybridized carbons (Fsp3) is 0.444. The minimum atomic E-state index is -3.63. The zero-order valence-corrected chi connectivity index (χ0v) is 15.5. The number of carbonyl (C=O) groups excluding carboxylic acids is 1. The Morgan fingerprint density at radius 3 is 2.58 bits per heavy atom. The second-order valence-corrected chi connectivity index (χ2v) is 9.05. The molecule has 7 nitrogen and oxygen atoms in total. The second-order valence-electron chi connectivity index (χ2n) is 7.11. The number of piperidine rings is 1. The van der Waals surface area contributed by atoms with E-state index in [2.05, 4.69) is 5.10 Å². The third kappa shape index (κ3) is 2.73. The lowest BCUT2D eigenvalue weighted by Gasteiger charge is -2.38. The molecule has 4 rings (SSSR count). The van der Waals surface area contributed by atoms with Crippen LogP contribution >= 0.6 is 0 Å². The molecule has 0 saturated carbocycles. The molecule has 2 aliphatic heterocycles. The average Bonchev–Trinajstić information content (AvgIpc) is 3.21. The molecule has 1 atom stereocenters. The van der Waals surface area contributed by atoms with Gasteiger partial charge >= 0.3 is 0 Å². The first kappa shape index (κ1) is 17.2. The lowest BCUT2D eigenvalue weighted by molar-refractivity contribution is -0.127. The third-order valence-electron chi connectivity index (χ3n) is 5.44. The van der Waals surface area contributed by atoms with Gasteiger partial charge in [0.05, 0.1) is 11.6 Å². The Hall–Kier alpha value is -2.19. The SMILES string of the molecule is Cn1cc(S(=O)(=O)N2CCCC3(CCN(c4ccccc4)C3=O)C2)cn1. The van der Waals surface area contributed by atoms with Crippen molar-refractivity contribution >= 4 is 21.6 Å². The van der Waals surface area contributed by atoms with E-state index in [1.54, 1.807) is 11.9 Å². The molecule has 1 aromatic heterocycles. The van der Waals surface area contributed by atoms with Gasteiger partial charge in [-0.15, -0.1) is 0 Å². The van der Waals surface area contributed by atoms with Crippen molar-refractivity contribution in [3.8, 4) is 0 Å². The summed E-state index contributed by atoms with van der Waals surface area (Å²) < 4.78 is 28.8. The van der Waals surface area contributed by atoms with Gasteiger partial charge in [0, 0.05) is 38.6 Å². The van der Waals surface area contributed by atoms with Gasteiger partial charge in [-0.3, -0.25) is 9.48 Å². The molecule has 1 spiro atoms. The molecule has 1 aromatic carbocycles. The maximum absolute atomic E-state index is 13.2. The molecule has 8 heteroatoms. The van der Waals surface area contributed by atoms with E-state index in [9.17, 15) is 13.2 Å². The van der Waals surface area contributed by atoms with Crippen LogP contribution in [0.3, 0.4) is 0 Å². The van der Waals surface area contributed by atoms with E-state index in [0.717, 1.165) is 12.1 Å². The van der Waals surface area contributed by atoms with E-state index in [-0.39, 0.29) is 17.3 Å². The van der Waals surface area contributed by atoms with Crippen molar-refractivity contribution in [2.24, 2.45) is 12.5 Å². The minimum absolute atomic E-state index is 0.0368. The van der Waals surface area contributed by atoms with Crippen LogP contribution in [0.15, 0.2) is 47.6 Å². The molecule has 3 heterocycles. The standard InChI is InChI=1S/C18H22N4O3S/c1-20-13-16(12-19-20)26(24,25)21-10-5-8-18(14-21)9-11-22(17(18)23)15-6-3-2-4-7-15/h2-4,6-7,12-13H,5,8-11,14H2,1H3. The number of rotatable bonds is 3. The van der Waals surface area contributed by atoms with Crippen LogP contribution < -0.4 is 4.90 Å². The van der Waals surface area contributed by atoms with E-state index in [0.29, 0.717) is 25.9 Å². The van der Waals surface area contributed by atoms with Crippen molar-refractivity contribution < 1.29 is 13.2 Å². The van der Waals surface area contributed by atoms with Crippen LogP contribution in [0.1, 0.15) is 19.3 Å². The molecule has 1 unspecified atom stereocenters. The third-order valence-corrected chi connectivity index (χ3v) is 7.24. The fourth-order valence-corrected chi connectivity index (χ4v) is 5.58. The highest BCUT2D eigenvalue weighted by molar-refractivity contribution is 7.89. The van der Waals surface area contributed by atoms with E-state index >= 15 is 0 Å². The number of para-hydroxylation sites is 1. The lowest BCUT2D eigenvalue weighted by Crippen LogP contribution is -2.49. The van der Waals surface area contributed by atoms with Gasteiger partial charge in [-0.05, 0) is 31.4 Å². The van der Waals surface area contributed by atoms with Crippen molar-refractivity contribution in [3.63, 3.8) is 0 Å². The Balaban J connectivity index is 1.60. The van der Waals surface area contributed by atoms with Crippen LogP contribution in [0.4, 0.5) is 5.69 Å². The van der Waals surface area contributed by atoms with Gasteiger partial charge in [0.2, 0.25) is 15.9 Å². The number of aryl methyl sites for hydroxylation is 1. The summed E-state index contributed by atoms with van der Waals surface area (Å²) in [7, 11) is -1.94. The number of aromatic nitrogens is 2. The monoisotopic (exact) mass is 374 g/mol. The first-order valence-electron chi connectivity index (χ1n) is 8.78. The topological polar surface area (TPSA) is 75.5 Å². The molecule has 2 saturated heterocycles. The van der Waals surface area contributed by atoms with Crippen LogP contribution in [0.5, 0.6) is 0 Å².